The number of tetrazole rings is 1. The number of carbonyl (C=O) groups is 1. The molecule has 1 aromatic carbocycles. The Bertz CT molecular complexity index is 783. The summed E-state index contributed by atoms with van der Waals surface area (Å²) in [5.74, 6) is -0.219. The molecule has 112 valence electrons. The Morgan fingerprint density at radius 3 is 2.82 bits per heavy atom. The van der Waals surface area contributed by atoms with Crippen molar-refractivity contribution in [1.82, 2.24) is 25.2 Å². The van der Waals surface area contributed by atoms with Crippen molar-refractivity contribution < 1.29 is 4.79 Å². The van der Waals surface area contributed by atoms with Crippen LogP contribution in [0.1, 0.15) is 4.88 Å². The quantitative estimate of drug-likeness (QED) is 0.753. The molecular formula is C13H11BrN6OS. The van der Waals surface area contributed by atoms with Crippen LogP contribution in [0.25, 0.3) is 11.3 Å². The number of thiazole rings is 1. The summed E-state index contributed by atoms with van der Waals surface area (Å²) < 4.78 is 2.37. The van der Waals surface area contributed by atoms with Crippen LogP contribution < -0.4 is 5.32 Å². The first-order valence-electron chi connectivity index (χ1n) is 6.36. The van der Waals surface area contributed by atoms with Crippen molar-refractivity contribution in [1.29, 1.82) is 0 Å². The lowest BCUT2D eigenvalue weighted by Gasteiger charge is -2.00. The second kappa shape index (κ2) is 6.32. The van der Waals surface area contributed by atoms with E-state index in [0.29, 0.717) is 5.13 Å². The number of aromatic nitrogens is 5. The highest BCUT2D eigenvalue weighted by atomic mass is 79.9. The van der Waals surface area contributed by atoms with Crippen molar-refractivity contribution in [3.05, 3.63) is 39.9 Å². The molecule has 0 fully saturated rings. The average molecular weight is 379 g/mol. The minimum absolute atomic E-state index is 0.0548. The van der Waals surface area contributed by atoms with E-state index in [-0.39, 0.29) is 12.5 Å². The Hall–Kier alpha value is -2.13. The van der Waals surface area contributed by atoms with Gasteiger partial charge in [0, 0.05) is 14.9 Å². The predicted molar refractivity (Wildman–Crippen MR) is 86.4 cm³/mol. The van der Waals surface area contributed by atoms with Crippen LogP contribution in [0.2, 0.25) is 0 Å². The number of nitrogens with one attached hydrogen (secondary N) is 1. The zero-order valence-electron chi connectivity index (χ0n) is 11.5. The van der Waals surface area contributed by atoms with Crippen molar-refractivity contribution >= 4 is 38.3 Å². The molecule has 1 N–H and O–H groups in total. The van der Waals surface area contributed by atoms with Crippen molar-refractivity contribution in [2.24, 2.45) is 0 Å². The van der Waals surface area contributed by atoms with Gasteiger partial charge in [-0.25, -0.2) is 9.67 Å². The lowest BCUT2D eigenvalue weighted by molar-refractivity contribution is -0.116. The molecule has 0 aliphatic carbocycles. The van der Waals surface area contributed by atoms with Gasteiger partial charge in [-0.3, -0.25) is 4.79 Å². The van der Waals surface area contributed by atoms with Gasteiger partial charge in [-0.2, -0.15) is 0 Å². The van der Waals surface area contributed by atoms with Gasteiger partial charge in [0.15, 0.2) is 5.13 Å². The first-order chi connectivity index (χ1) is 10.6. The van der Waals surface area contributed by atoms with E-state index >= 15 is 0 Å². The Morgan fingerprint density at radius 1 is 1.36 bits per heavy atom. The Morgan fingerprint density at radius 2 is 2.14 bits per heavy atom. The molecule has 0 unspecified atom stereocenters. The highest BCUT2D eigenvalue weighted by Crippen LogP contribution is 2.30. The molecular weight excluding hydrogens is 368 g/mol. The molecule has 0 saturated carbocycles. The third-order valence-electron chi connectivity index (χ3n) is 2.86. The minimum atomic E-state index is -0.219. The molecule has 0 atom stereocenters. The van der Waals surface area contributed by atoms with Crippen LogP contribution in [0, 0.1) is 6.92 Å². The topological polar surface area (TPSA) is 85.6 Å². The van der Waals surface area contributed by atoms with Gasteiger partial charge in [-0.1, -0.05) is 28.1 Å². The molecule has 9 heteroatoms. The number of benzene rings is 1. The molecule has 3 rings (SSSR count). The number of hydrogen-bond donors (Lipinski definition) is 1. The predicted octanol–water partition coefficient (Wildman–Crippen LogP) is 2.51. The van der Waals surface area contributed by atoms with Gasteiger partial charge in [-0.15, -0.1) is 16.4 Å². The number of aryl methyl sites for hydroxylation is 1. The first-order valence-corrected chi connectivity index (χ1v) is 7.97. The summed E-state index contributed by atoms with van der Waals surface area (Å²) in [5, 5.41) is 13.9. The number of anilines is 1. The van der Waals surface area contributed by atoms with Crippen LogP contribution in [0.3, 0.4) is 0 Å². The van der Waals surface area contributed by atoms with E-state index in [9.17, 15) is 4.79 Å². The van der Waals surface area contributed by atoms with E-state index < -0.39 is 0 Å². The zero-order valence-corrected chi connectivity index (χ0v) is 13.9. The van der Waals surface area contributed by atoms with E-state index in [2.05, 4.69) is 41.8 Å². The molecule has 0 bridgehead atoms. The van der Waals surface area contributed by atoms with Crippen LogP contribution in [0.4, 0.5) is 5.13 Å². The molecule has 22 heavy (non-hydrogen) atoms. The van der Waals surface area contributed by atoms with Gasteiger partial charge in [0.1, 0.15) is 12.9 Å². The van der Waals surface area contributed by atoms with Crippen LogP contribution in [-0.4, -0.2) is 31.1 Å². The monoisotopic (exact) mass is 378 g/mol. The van der Waals surface area contributed by atoms with Gasteiger partial charge in [-0.05, 0) is 29.5 Å². The molecule has 2 heterocycles. The average Bonchev–Trinajstić information content (AvgIpc) is 3.10. The van der Waals surface area contributed by atoms with Crippen LogP contribution in [0.5, 0.6) is 0 Å². The van der Waals surface area contributed by atoms with Gasteiger partial charge < -0.3 is 5.32 Å². The Labute approximate surface area is 138 Å². The van der Waals surface area contributed by atoms with Gasteiger partial charge in [0.05, 0.1) is 5.69 Å². The number of halogens is 1. The smallest absolute Gasteiger partial charge is 0.248 e. The molecule has 0 radical (unpaired) electrons. The fraction of sp³-hybridized carbons (Fsp3) is 0.154. The number of rotatable bonds is 4. The Kier molecular flexibility index (Phi) is 4.25. The van der Waals surface area contributed by atoms with Crippen LogP contribution in [0.15, 0.2) is 35.1 Å². The fourth-order valence-corrected chi connectivity index (χ4v) is 3.00. The van der Waals surface area contributed by atoms with Gasteiger partial charge >= 0.3 is 0 Å². The molecule has 0 aliphatic rings. The maximum absolute atomic E-state index is 11.9. The maximum atomic E-state index is 11.9. The summed E-state index contributed by atoms with van der Waals surface area (Å²) in [6.07, 6.45) is 1.39. The number of amides is 1. The molecule has 2 aromatic heterocycles. The molecule has 0 saturated heterocycles. The van der Waals surface area contributed by atoms with E-state index in [1.165, 1.54) is 22.3 Å². The normalized spacial score (nSPS) is 10.6. The molecule has 0 spiro atoms. The summed E-state index contributed by atoms with van der Waals surface area (Å²) in [7, 11) is 0. The van der Waals surface area contributed by atoms with Gasteiger partial charge in [0.25, 0.3) is 0 Å². The van der Waals surface area contributed by atoms with E-state index in [4.69, 9.17) is 0 Å². The third kappa shape index (κ3) is 3.37. The van der Waals surface area contributed by atoms with E-state index in [1.54, 1.807) is 0 Å². The summed E-state index contributed by atoms with van der Waals surface area (Å²) in [6, 6.07) is 7.89. The SMILES string of the molecule is Cc1sc(NC(=O)Cn2cnnn2)nc1-c1ccc(Br)cc1. The number of carbonyl (C=O) groups excluding carboxylic acids is 1. The van der Waals surface area contributed by atoms with Crippen molar-refractivity contribution in [3.8, 4) is 11.3 Å². The fourth-order valence-electron chi connectivity index (χ4n) is 1.88. The second-order valence-electron chi connectivity index (χ2n) is 4.49. The lowest BCUT2D eigenvalue weighted by Crippen LogP contribution is -2.19. The Balaban J connectivity index is 1.74. The zero-order chi connectivity index (χ0) is 15.5. The first kappa shape index (κ1) is 14.8. The van der Waals surface area contributed by atoms with Crippen LogP contribution in [-0.2, 0) is 11.3 Å². The minimum Gasteiger partial charge on any atom is -0.300 e. The second-order valence-corrected chi connectivity index (χ2v) is 6.61. The third-order valence-corrected chi connectivity index (χ3v) is 4.27. The molecule has 3 aromatic rings. The van der Waals surface area contributed by atoms with Gasteiger partial charge in [0.2, 0.25) is 5.91 Å². The summed E-state index contributed by atoms with van der Waals surface area (Å²) >= 11 is 4.85. The van der Waals surface area contributed by atoms with Crippen LogP contribution >= 0.6 is 27.3 Å². The number of hydrogen-bond acceptors (Lipinski definition) is 6. The van der Waals surface area contributed by atoms with E-state index in [1.807, 2.05) is 31.2 Å². The van der Waals surface area contributed by atoms with Crippen molar-refractivity contribution in [3.63, 3.8) is 0 Å². The molecule has 1 amide bonds. The summed E-state index contributed by atoms with van der Waals surface area (Å²) in [4.78, 5) is 17.4. The number of nitrogens with zero attached hydrogens (tertiary/aromatic N) is 5. The highest BCUT2D eigenvalue weighted by Gasteiger charge is 2.12. The standard InChI is InChI=1S/C13H11BrN6OS/c1-8-12(9-2-4-10(14)5-3-9)17-13(22-8)16-11(21)6-20-7-15-18-19-20/h2-5,7H,6H2,1H3,(H,16,17,21). The molecule has 0 aliphatic heterocycles. The largest absolute Gasteiger partial charge is 0.300 e. The molecule has 7 nitrogen and oxygen atoms in total. The summed E-state index contributed by atoms with van der Waals surface area (Å²) in [6.45, 7) is 2.03. The maximum Gasteiger partial charge on any atom is 0.248 e. The highest BCUT2D eigenvalue weighted by molar-refractivity contribution is 9.10. The van der Waals surface area contributed by atoms with Crippen molar-refractivity contribution in [2.45, 2.75) is 13.5 Å². The van der Waals surface area contributed by atoms with Crippen molar-refractivity contribution in [2.75, 3.05) is 5.32 Å². The summed E-state index contributed by atoms with van der Waals surface area (Å²) in [5.41, 5.74) is 1.88. The lowest BCUT2D eigenvalue weighted by atomic mass is 10.1. The van der Waals surface area contributed by atoms with E-state index in [0.717, 1.165) is 20.6 Å².